The van der Waals surface area contributed by atoms with Crippen LogP contribution < -0.4 is 5.32 Å². The van der Waals surface area contributed by atoms with E-state index in [1.54, 1.807) is 0 Å². The lowest BCUT2D eigenvalue weighted by molar-refractivity contribution is 0.580. The zero-order valence-electron chi connectivity index (χ0n) is 11.8. The molecule has 0 amide bonds. The second kappa shape index (κ2) is 7.10. The monoisotopic (exact) mass is 257 g/mol. The van der Waals surface area contributed by atoms with Crippen LogP contribution in [0.5, 0.6) is 0 Å². The van der Waals surface area contributed by atoms with Crippen molar-refractivity contribution in [2.75, 3.05) is 6.54 Å². The van der Waals surface area contributed by atoms with E-state index in [-0.39, 0.29) is 0 Å². The topological polar surface area (TPSA) is 29.9 Å². The summed E-state index contributed by atoms with van der Waals surface area (Å²) in [4.78, 5) is 4.40. The number of benzene rings is 1. The van der Waals surface area contributed by atoms with Crippen LogP contribution >= 0.6 is 0 Å². The van der Waals surface area contributed by atoms with Crippen LogP contribution in [0.15, 0.2) is 42.9 Å². The van der Waals surface area contributed by atoms with E-state index in [0.717, 1.165) is 26.1 Å². The third kappa shape index (κ3) is 4.52. The molecular weight excluding hydrogens is 234 g/mol. The van der Waals surface area contributed by atoms with E-state index in [0.29, 0.717) is 5.92 Å². The molecule has 0 aliphatic rings. The molecule has 1 N–H and O–H groups in total. The Balaban J connectivity index is 1.64. The fourth-order valence-electron chi connectivity index (χ4n) is 2.01. The van der Waals surface area contributed by atoms with Crippen LogP contribution in [0.3, 0.4) is 0 Å². The maximum atomic E-state index is 4.40. The quantitative estimate of drug-likeness (QED) is 0.772. The molecule has 2 rings (SSSR count). The molecule has 0 spiro atoms. The van der Waals surface area contributed by atoms with E-state index < -0.39 is 0 Å². The van der Waals surface area contributed by atoms with Gasteiger partial charge in [-0.05, 0) is 24.4 Å². The van der Waals surface area contributed by atoms with Gasteiger partial charge in [0.2, 0.25) is 0 Å². The first-order valence-corrected chi connectivity index (χ1v) is 7.02. The fraction of sp³-hybridized carbons (Fsp3) is 0.438. The van der Waals surface area contributed by atoms with E-state index in [4.69, 9.17) is 0 Å². The fourth-order valence-corrected chi connectivity index (χ4v) is 2.01. The normalized spacial score (nSPS) is 11.1. The van der Waals surface area contributed by atoms with Crippen LogP contribution in [0.4, 0.5) is 0 Å². The van der Waals surface area contributed by atoms with Crippen molar-refractivity contribution < 1.29 is 0 Å². The van der Waals surface area contributed by atoms with Gasteiger partial charge in [-0.15, -0.1) is 0 Å². The van der Waals surface area contributed by atoms with Crippen LogP contribution in [-0.2, 0) is 13.1 Å². The largest absolute Gasteiger partial charge is 0.337 e. The number of hydrogen-bond donors (Lipinski definition) is 1. The van der Waals surface area contributed by atoms with E-state index >= 15 is 0 Å². The van der Waals surface area contributed by atoms with E-state index in [1.165, 1.54) is 11.3 Å². The van der Waals surface area contributed by atoms with Crippen LogP contribution in [0, 0.1) is 0 Å². The summed E-state index contributed by atoms with van der Waals surface area (Å²) in [5.74, 6) is 0.512. The number of imidazole rings is 1. The smallest absolute Gasteiger partial charge is 0.0949 e. The number of nitrogens with zero attached hydrogens (tertiary/aromatic N) is 2. The molecule has 0 radical (unpaired) electrons. The first kappa shape index (κ1) is 13.8. The highest BCUT2D eigenvalue weighted by Gasteiger charge is 2.02. The second-order valence-electron chi connectivity index (χ2n) is 5.21. The maximum Gasteiger partial charge on any atom is 0.0949 e. The first-order valence-electron chi connectivity index (χ1n) is 7.02. The minimum Gasteiger partial charge on any atom is -0.337 e. The minimum atomic E-state index is 0.512. The molecule has 19 heavy (non-hydrogen) atoms. The Bertz CT molecular complexity index is 474. The predicted molar refractivity (Wildman–Crippen MR) is 79.1 cm³/mol. The van der Waals surface area contributed by atoms with Gasteiger partial charge in [0, 0.05) is 19.3 Å². The molecule has 3 heteroatoms. The SMILES string of the molecule is CC(C)c1cn(CCCNCc2ccccc2)cn1. The van der Waals surface area contributed by atoms with Gasteiger partial charge in [0.05, 0.1) is 12.0 Å². The Hall–Kier alpha value is -1.61. The van der Waals surface area contributed by atoms with Gasteiger partial charge >= 0.3 is 0 Å². The van der Waals surface area contributed by atoms with Gasteiger partial charge in [-0.3, -0.25) is 0 Å². The summed E-state index contributed by atoms with van der Waals surface area (Å²) in [7, 11) is 0. The Kier molecular flexibility index (Phi) is 5.16. The molecule has 0 saturated heterocycles. The highest BCUT2D eigenvalue weighted by molar-refractivity contribution is 5.14. The Labute approximate surface area is 115 Å². The van der Waals surface area contributed by atoms with Gasteiger partial charge < -0.3 is 9.88 Å². The molecule has 1 aromatic carbocycles. The summed E-state index contributed by atoms with van der Waals surface area (Å²) in [6, 6.07) is 10.5. The molecule has 0 aliphatic heterocycles. The molecule has 0 atom stereocenters. The third-order valence-corrected chi connectivity index (χ3v) is 3.19. The number of rotatable bonds is 7. The van der Waals surface area contributed by atoms with Crippen LogP contribution in [0.2, 0.25) is 0 Å². The number of aromatic nitrogens is 2. The summed E-state index contributed by atoms with van der Waals surface area (Å²) in [6.07, 6.45) is 5.22. The maximum absolute atomic E-state index is 4.40. The average Bonchev–Trinajstić information content (AvgIpc) is 2.89. The zero-order valence-corrected chi connectivity index (χ0v) is 11.8. The van der Waals surface area contributed by atoms with Crippen molar-refractivity contribution in [1.29, 1.82) is 0 Å². The van der Waals surface area contributed by atoms with Crippen molar-refractivity contribution in [3.63, 3.8) is 0 Å². The van der Waals surface area contributed by atoms with Crippen LogP contribution in [-0.4, -0.2) is 16.1 Å². The van der Waals surface area contributed by atoms with Gasteiger partial charge in [0.15, 0.2) is 0 Å². The Morgan fingerprint density at radius 3 is 2.68 bits per heavy atom. The highest BCUT2D eigenvalue weighted by Crippen LogP contribution is 2.10. The molecule has 0 saturated carbocycles. The van der Waals surface area contributed by atoms with Gasteiger partial charge in [-0.25, -0.2) is 4.98 Å². The van der Waals surface area contributed by atoms with Crippen molar-refractivity contribution in [1.82, 2.24) is 14.9 Å². The van der Waals surface area contributed by atoms with Gasteiger partial charge in [0.1, 0.15) is 0 Å². The van der Waals surface area contributed by atoms with E-state index in [9.17, 15) is 0 Å². The number of aryl methyl sites for hydroxylation is 1. The summed E-state index contributed by atoms with van der Waals surface area (Å²) in [5, 5.41) is 3.47. The molecule has 0 unspecified atom stereocenters. The highest BCUT2D eigenvalue weighted by atomic mass is 15.0. The van der Waals surface area contributed by atoms with Crippen LogP contribution in [0.1, 0.15) is 37.4 Å². The molecule has 0 bridgehead atoms. The van der Waals surface area contributed by atoms with Crippen molar-refractivity contribution in [3.8, 4) is 0 Å². The van der Waals surface area contributed by atoms with E-state index in [1.807, 2.05) is 6.33 Å². The molecule has 0 fully saturated rings. The number of hydrogen-bond acceptors (Lipinski definition) is 2. The molecule has 0 aliphatic carbocycles. The molecular formula is C16H23N3. The van der Waals surface area contributed by atoms with Gasteiger partial charge in [-0.1, -0.05) is 44.2 Å². The minimum absolute atomic E-state index is 0.512. The van der Waals surface area contributed by atoms with Crippen molar-refractivity contribution in [2.24, 2.45) is 0 Å². The molecule has 1 heterocycles. The predicted octanol–water partition coefficient (Wildman–Crippen LogP) is 3.19. The van der Waals surface area contributed by atoms with Crippen molar-refractivity contribution in [2.45, 2.75) is 39.3 Å². The summed E-state index contributed by atoms with van der Waals surface area (Å²) in [5.41, 5.74) is 2.52. The molecule has 2 aromatic rings. The Morgan fingerprint density at radius 2 is 2.00 bits per heavy atom. The summed E-state index contributed by atoms with van der Waals surface area (Å²) < 4.78 is 2.18. The average molecular weight is 257 g/mol. The zero-order chi connectivity index (χ0) is 13.5. The van der Waals surface area contributed by atoms with Crippen molar-refractivity contribution >= 4 is 0 Å². The standard InChI is InChI=1S/C16H23N3/c1-14(2)16-12-19(13-18-16)10-6-9-17-11-15-7-4-3-5-8-15/h3-5,7-8,12-14,17H,6,9-11H2,1-2H3. The van der Waals surface area contributed by atoms with Crippen molar-refractivity contribution in [3.05, 3.63) is 54.1 Å². The lowest BCUT2D eigenvalue weighted by atomic mass is 10.2. The van der Waals surface area contributed by atoms with Gasteiger partial charge in [-0.2, -0.15) is 0 Å². The lowest BCUT2D eigenvalue weighted by Crippen LogP contribution is -2.16. The molecule has 1 aromatic heterocycles. The Morgan fingerprint density at radius 1 is 1.21 bits per heavy atom. The second-order valence-corrected chi connectivity index (χ2v) is 5.21. The number of nitrogens with one attached hydrogen (secondary N) is 1. The van der Waals surface area contributed by atoms with Gasteiger partial charge in [0.25, 0.3) is 0 Å². The third-order valence-electron chi connectivity index (χ3n) is 3.19. The summed E-state index contributed by atoms with van der Waals surface area (Å²) >= 11 is 0. The first-order chi connectivity index (χ1) is 9.25. The summed E-state index contributed by atoms with van der Waals surface area (Å²) in [6.45, 7) is 7.36. The molecule has 102 valence electrons. The lowest BCUT2D eigenvalue weighted by Gasteiger charge is -2.05. The molecule has 3 nitrogen and oxygen atoms in total. The van der Waals surface area contributed by atoms with E-state index in [2.05, 4.69) is 65.2 Å². The van der Waals surface area contributed by atoms with Crippen LogP contribution in [0.25, 0.3) is 0 Å².